The molecule has 0 amide bonds. The van der Waals surface area contributed by atoms with Gasteiger partial charge in [-0.1, -0.05) is 190 Å². The minimum atomic E-state index is -3.05. The predicted molar refractivity (Wildman–Crippen MR) is 291 cm³/mol. The molecule has 3 aromatic rings. The van der Waals surface area contributed by atoms with E-state index in [4.69, 9.17) is 0 Å². The van der Waals surface area contributed by atoms with Gasteiger partial charge in [-0.25, -0.2) is 0 Å². The van der Waals surface area contributed by atoms with Crippen LogP contribution in [0.2, 0.25) is 118 Å². The molecule has 0 aliphatic heterocycles. The second kappa shape index (κ2) is 15.5. The molecule has 1 atom stereocenters. The molecule has 0 aromatic heterocycles. The maximum absolute atomic E-state index is 3.05. The van der Waals surface area contributed by atoms with Crippen LogP contribution in [-0.2, 0) is 0 Å². The standard InChI is InChI=1S/C51H88Si7/c1-32-33(2)38(7)48(37(32)6)58(42-29-45(52(11,12)13)49(55(20,21)22)39(8)34(42)3,43-30-46(53(14,15)16)50(56(23,24)25)40(9)35(43)4)44-31-47(54(17,18)19)51(57(26,27)28)41(10)36(44)5/h29-31,37H,1-28H3. The number of hydrogen-bond acceptors (Lipinski definition) is 0. The number of benzene rings is 3. The van der Waals surface area contributed by atoms with Crippen LogP contribution in [0, 0.1) is 47.5 Å². The number of rotatable bonds is 10. The molecule has 1 unspecified atom stereocenters. The van der Waals surface area contributed by atoms with Crippen LogP contribution in [0.15, 0.2) is 40.1 Å². The fraction of sp³-hybridized carbons (Fsp3) is 0.569. The molecule has 0 heterocycles. The van der Waals surface area contributed by atoms with E-state index >= 15 is 0 Å². The second-order valence-electron chi connectivity index (χ2n) is 25.1. The Hall–Kier alpha value is -1.34. The van der Waals surface area contributed by atoms with Gasteiger partial charge in [0.1, 0.15) is 0 Å². The molecule has 0 fully saturated rings. The summed E-state index contributed by atoms with van der Waals surface area (Å²) in [7, 11) is -13.5. The highest BCUT2D eigenvalue weighted by Gasteiger charge is 2.53. The molecule has 0 spiro atoms. The Labute approximate surface area is 367 Å². The fourth-order valence-corrected chi connectivity index (χ4v) is 36.4. The Balaban J connectivity index is 2.69. The van der Waals surface area contributed by atoms with Gasteiger partial charge in [0, 0.05) is 0 Å². The van der Waals surface area contributed by atoms with Crippen molar-refractivity contribution in [2.24, 2.45) is 5.92 Å². The van der Waals surface area contributed by atoms with Gasteiger partial charge in [0.05, 0.1) is 48.4 Å². The van der Waals surface area contributed by atoms with Crippen LogP contribution in [0.4, 0.5) is 0 Å². The van der Waals surface area contributed by atoms with Gasteiger partial charge in [-0.05, 0) is 123 Å². The van der Waals surface area contributed by atoms with Crippen LogP contribution >= 0.6 is 0 Å². The Morgan fingerprint density at radius 1 is 0.310 bits per heavy atom. The lowest BCUT2D eigenvalue weighted by atomic mass is 10.1. The molecular formula is C51H88Si7. The largest absolute Gasteiger partial charge is 0.177 e. The van der Waals surface area contributed by atoms with E-state index < -0.39 is 56.5 Å². The number of allylic oxidation sites excluding steroid dienone is 4. The molecule has 0 N–H and O–H groups in total. The summed E-state index contributed by atoms with van der Waals surface area (Å²) in [6.45, 7) is 72.6. The number of hydrogen-bond donors (Lipinski definition) is 0. The van der Waals surface area contributed by atoms with Gasteiger partial charge in [0.25, 0.3) is 0 Å². The minimum absolute atomic E-state index is 0.386. The summed E-state index contributed by atoms with van der Waals surface area (Å²) in [5, 5.41) is 17.4. The molecule has 4 rings (SSSR count). The normalized spacial score (nSPS) is 16.7. The first-order chi connectivity index (χ1) is 25.8. The van der Waals surface area contributed by atoms with Gasteiger partial charge in [0.15, 0.2) is 8.07 Å². The van der Waals surface area contributed by atoms with E-state index in [-0.39, 0.29) is 0 Å². The maximum atomic E-state index is 2.93. The zero-order chi connectivity index (χ0) is 45.2. The lowest BCUT2D eigenvalue weighted by Crippen LogP contribution is -2.76. The molecule has 1 aliphatic carbocycles. The third-order valence-electron chi connectivity index (χ3n) is 14.6. The summed E-state index contributed by atoms with van der Waals surface area (Å²) in [5.74, 6) is 0.386. The quantitative estimate of drug-likeness (QED) is 0.141. The van der Waals surface area contributed by atoms with E-state index in [1.165, 1.54) is 5.57 Å². The summed E-state index contributed by atoms with van der Waals surface area (Å²) >= 11 is 0. The molecule has 1 aliphatic rings. The smallest absolute Gasteiger partial charge is 0.0656 e. The van der Waals surface area contributed by atoms with Crippen molar-refractivity contribution < 1.29 is 0 Å². The lowest BCUT2D eigenvalue weighted by molar-refractivity contribution is 0.851. The predicted octanol–water partition coefficient (Wildman–Crippen LogP) is 10.1. The summed E-state index contributed by atoms with van der Waals surface area (Å²) in [6.07, 6.45) is 0. The van der Waals surface area contributed by atoms with Crippen molar-refractivity contribution >= 4 is 103 Å². The van der Waals surface area contributed by atoms with E-state index in [0.717, 1.165) is 0 Å². The molecule has 0 saturated carbocycles. The van der Waals surface area contributed by atoms with Crippen LogP contribution in [0.5, 0.6) is 0 Å². The van der Waals surface area contributed by atoms with Gasteiger partial charge < -0.3 is 0 Å². The van der Waals surface area contributed by atoms with Crippen molar-refractivity contribution in [3.63, 3.8) is 0 Å². The van der Waals surface area contributed by atoms with Crippen LogP contribution in [0.25, 0.3) is 0 Å². The maximum Gasteiger partial charge on any atom is 0.177 e. The van der Waals surface area contributed by atoms with Crippen LogP contribution < -0.4 is 46.7 Å². The molecular weight excluding hydrogens is 809 g/mol. The van der Waals surface area contributed by atoms with Crippen LogP contribution in [0.1, 0.15) is 61.1 Å². The minimum Gasteiger partial charge on any atom is -0.0656 e. The molecule has 0 nitrogen and oxygen atoms in total. The van der Waals surface area contributed by atoms with Gasteiger partial charge in [-0.15, -0.1) is 0 Å². The van der Waals surface area contributed by atoms with Crippen molar-refractivity contribution in [1.29, 1.82) is 0 Å². The molecule has 58 heavy (non-hydrogen) atoms. The Bertz CT molecular complexity index is 2010. The Morgan fingerprint density at radius 3 is 0.724 bits per heavy atom. The van der Waals surface area contributed by atoms with Crippen molar-refractivity contribution in [3.8, 4) is 0 Å². The van der Waals surface area contributed by atoms with Gasteiger partial charge >= 0.3 is 0 Å². The Morgan fingerprint density at radius 2 is 0.552 bits per heavy atom. The highest BCUT2D eigenvalue weighted by Crippen LogP contribution is 2.42. The first-order valence-corrected chi connectivity index (χ1v) is 45.6. The van der Waals surface area contributed by atoms with E-state index in [1.807, 2.05) is 0 Å². The summed E-state index contributed by atoms with van der Waals surface area (Å²) in [4.78, 5) is 0. The zero-order valence-corrected chi connectivity index (χ0v) is 50.3. The Kier molecular flexibility index (Phi) is 13.2. The zero-order valence-electron chi connectivity index (χ0n) is 43.3. The summed E-state index contributed by atoms with van der Waals surface area (Å²) in [6, 6.07) is 8.78. The van der Waals surface area contributed by atoms with Crippen LogP contribution in [0.3, 0.4) is 0 Å². The SMILES string of the molecule is CC1=C(C)C(C)C([Si](c2cc([Si](C)(C)C)c([Si](C)(C)C)c(C)c2C)(c2cc([Si](C)(C)C)c([Si](C)(C)C)c(C)c2C)c2cc([Si](C)(C)C)c([Si](C)(C)C)c(C)c2C)=C1C. The average molecular weight is 898 g/mol. The first-order valence-electron chi connectivity index (χ1n) is 22.6. The lowest BCUT2D eigenvalue weighted by Gasteiger charge is -2.46. The van der Waals surface area contributed by atoms with Crippen molar-refractivity contribution in [2.75, 3.05) is 0 Å². The summed E-state index contributed by atoms with van der Waals surface area (Å²) in [5.41, 5.74) is 14.3. The second-order valence-corrected chi connectivity index (χ2v) is 58.9. The fourth-order valence-electron chi connectivity index (χ4n) is 11.4. The molecule has 320 valence electrons. The third-order valence-corrected chi connectivity index (χ3v) is 33.4. The van der Waals surface area contributed by atoms with E-state index in [0.29, 0.717) is 5.92 Å². The van der Waals surface area contributed by atoms with E-state index in [2.05, 4.69) is 205 Å². The monoisotopic (exact) mass is 897 g/mol. The molecule has 3 aromatic carbocycles. The van der Waals surface area contributed by atoms with E-state index in [9.17, 15) is 0 Å². The van der Waals surface area contributed by atoms with Crippen molar-refractivity contribution in [3.05, 3.63) is 73.5 Å². The molecule has 0 radical (unpaired) electrons. The topological polar surface area (TPSA) is 0 Å². The van der Waals surface area contributed by atoms with E-state index in [1.54, 1.807) is 96.4 Å². The summed E-state index contributed by atoms with van der Waals surface area (Å²) < 4.78 is 0. The van der Waals surface area contributed by atoms with Crippen molar-refractivity contribution in [2.45, 2.75) is 187 Å². The van der Waals surface area contributed by atoms with Crippen LogP contribution in [-0.4, -0.2) is 56.5 Å². The molecule has 7 heteroatoms. The van der Waals surface area contributed by atoms with Gasteiger partial charge in [0.2, 0.25) is 0 Å². The first kappa shape index (κ1) is 49.3. The molecule has 0 saturated heterocycles. The highest BCUT2D eigenvalue weighted by atomic mass is 28.3. The third kappa shape index (κ3) is 8.19. The molecule has 0 bridgehead atoms. The van der Waals surface area contributed by atoms with Gasteiger partial charge in [-0.3, -0.25) is 0 Å². The van der Waals surface area contributed by atoms with Gasteiger partial charge in [-0.2, -0.15) is 0 Å². The highest BCUT2D eigenvalue weighted by molar-refractivity contribution is 7.18. The average Bonchev–Trinajstić information content (AvgIpc) is 3.21. The van der Waals surface area contributed by atoms with Crippen molar-refractivity contribution in [1.82, 2.24) is 0 Å².